The number of halogens is 1. The Labute approximate surface area is 159 Å². The van der Waals surface area contributed by atoms with Gasteiger partial charge in [0, 0.05) is 32.0 Å². The highest BCUT2D eigenvalue weighted by Gasteiger charge is 2.14. The summed E-state index contributed by atoms with van der Waals surface area (Å²) in [5, 5.41) is 3.43. The van der Waals surface area contributed by atoms with Gasteiger partial charge in [0.05, 0.1) is 12.0 Å². The Morgan fingerprint density at radius 2 is 2.00 bits per heavy atom. The molecule has 0 atom stereocenters. The fourth-order valence-electron chi connectivity index (χ4n) is 3.68. The van der Waals surface area contributed by atoms with Crippen molar-refractivity contribution in [3.63, 3.8) is 0 Å². The van der Waals surface area contributed by atoms with Gasteiger partial charge in [-0.25, -0.2) is 9.37 Å². The van der Waals surface area contributed by atoms with Gasteiger partial charge in [0.2, 0.25) is 0 Å². The summed E-state index contributed by atoms with van der Waals surface area (Å²) in [7, 11) is 0. The maximum atomic E-state index is 14.3. The van der Waals surface area contributed by atoms with Gasteiger partial charge in [-0.2, -0.15) is 0 Å². The lowest BCUT2D eigenvalue weighted by Gasteiger charge is -2.28. The van der Waals surface area contributed by atoms with Crippen molar-refractivity contribution in [3.05, 3.63) is 83.7 Å². The quantitative estimate of drug-likeness (QED) is 0.651. The summed E-state index contributed by atoms with van der Waals surface area (Å²) in [5.41, 5.74) is 4.45. The highest BCUT2D eigenvalue weighted by molar-refractivity contribution is 5.36. The van der Waals surface area contributed by atoms with Crippen molar-refractivity contribution in [1.82, 2.24) is 19.8 Å². The Hall–Kier alpha value is -2.50. The van der Waals surface area contributed by atoms with E-state index in [0.29, 0.717) is 12.2 Å². The second kappa shape index (κ2) is 8.46. The normalized spacial score (nSPS) is 14.3. The van der Waals surface area contributed by atoms with Gasteiger partial charge >= 0.3 is 0 Å². The number of nitrogens with one attached hydrogen (secondary N) is 1. The minimum atomic E-state index is -0.223. The molecule has 0 saturated carbocycles. The van der Waals surface area contributed by atoms with E-state index in [0.717, 1.165) is 44.6 Å². The molecule has 5 heteroatoms. The van der Waals surface area contributed by atoms with Gasteiger partial charge in [-0.15, -0.1) is 0 Å². The van der Waals surface area contributed by atoms with Gasteiger partial charge in [-0.3, -0.25) is 4.90 Å². The van der Waals surface area contributed by atoms with Crippen LogP contribution in [-0.2, 0) is 19.5 Å². The monoisotopic (exact) mass is 364 g/mol. The van der Waals surface area contributed by atoms with Gasteiger partial charge in [0.15, 0.2) is 0 Å². The Morgan fingerprint density at radius 1 is 1.11 bits per heavy atom. The van der Waals surface area contributed by atoms with Crippen LogP contribution >= 0.6 is 0 Å². The van der Waals surface area contributed by atoms with E-state index in [4.69, 9.17) is 0 Å². The first-order valence-electron chi connectivity index (χ1n) is 9.56. The Balaban J connectivity index is 1.20. The van der Waals surface area contributed by atoms with Crippen LogP contribution in [-0.4, -0.2) is 34.1 Å². The summed E-state index contributed by atoms with van der Waals surface area (Å²) in [4.78, 5) is 6.48. The molecule has 1 aromatic heterocycles. The summed E-state index contributed by atoms with van der Waals surface area (Å²) in [6.45, 7) is 4.90. The number of aromatic nitrogens is 2. The molecule has 0 spiro atoms. The van der Waals surface area contributed by atoms with Crippen LogP contribution in [0.1, 0.15) is 23.1 Å². The SMILES string of the molecule is Fc1cc(CNCCCN2CCc3ccccc3C2)ccc1-n1ccnc1. The van der Waals surface area contributed by atoms with Crippen molar-refractivity contribution in [3.8, 4) is 5.69 Å². The van der Waals surface area contributed by atoms with E-state index in [1.807, 2.05) is 6.07 Å². The number of nitrogens with zero attached hydrogens (tertiary/aromatic N) is 3. The molecule has 3 aromatic rings. The van der Waals surface area contributed by atoms with Gasteiger partial charge in [-0.05, 0) is 54.8 Å². The maximum Gasteiger partial charge on any atom is 0.147 e. The summed E-state index contributed by atoms with van der Waals surface area (Å²) < 4.78 is 16.0. The zero-order chi connectivity index (χ0) is 18.5. The van der Waals surface area contributed by atoms with Gasteiger partial charge < -0.3 is 9.88 Å². The fourth-order valence-corrected chi connectivity index (χ4v) is 3.68. The first kappa shape index (κ1) is 17.9. The fraction of sp³-hybridized carbons (Fsp3) is 0.318. The molecule has 1 aliphatic rings. The Bertz CT molecular complexity index is 876. The summed E-state index contributed by atoms with van der Waals surface area (Å²) in [5.74, 6) is -0.223. The summed E-state index contributed by atoms with van der Waals surface area (Å²) in [6, 6.07) is 14.1. The lowest BCUT2D eigenvalue weighted by atomic mass is 10.00. The third kappa shape index (κ3) is 4.43. The third-order valence-corrected chi connectivity index (χ3v) is 5.16. The second-order valence-electron chi connectivity index (χ2n) is 7.08. The molecule has 0 unspecified atom stereocenters. The van der Waals surface area contributed by atoms with Crippen LogP contribution in [0.2, 0.25) is 0 Å². The highest BCUT2D eigenvalue weighted by Crippen LogP contribution is 2.18. The van der Waals surface area contributed by atoms with Crippen LogP contribution in [0.15, 0.2) is 61.2 Å². The Morgan fingerprint density at radius 3 is 2.81 bits per heavy atom. The molecule has 0 aliphatic carbocycles. The molecule has 0 bridgehead atoms. The molecule has 1 N–H and O–H groups in total. The van der Waals surface area contributed by atoms with Gasteiger partial charge in [0.1, 0.15) is 5.82 Å². The lowest BCUT2D eigenvalue weighted by Crippen LogP contribution is -2.32. The van der Waals surface area contributed by atoms with Gasteiger partial charge in [-0.1, -0.05) is 30.3 Å². The minimum Gasteiger partial charge on any atom is -0.313 e. The largest absolute Gasteiger partial charge is 0.313 e. The van der Waals surface area contributed by atoms with Crippen molar-refractivity contribution in [2.45, 2.75) is 25.9 Å². The maximum absolute atomic E-state index is 14.3. The van der Waals surface area contributed by atoms with Crippen LogP contribution < -0.4 is 5.32 Å². The van der Waals surface area contributed by atoms with Crippen molar-refractivity contribution < 1.29 is 4.39 Å². The molecule has 27 heavy (non-hydrogen) atoms. The van der Waals surface area contributed by atoms with E-state index in [2.05, 4.69) is 39.5 Å². The van der Waals surface area contributed by atoms with Gasteiger partial charge in [0.25, 0.3) is 0 Å². The average molecular weight is 364 g/mol. The predicted octanol–water partition coefficient (Wildman–Crippen LogP) is 3.55. The van der Waals surface area contributed by atoms with E-state index in [1.165, 1.54) is 11.1 Å². The Kier molecular flexibility index (Phi) is 5.61. The minimum absolute atomic E-state index is 0.223. The van der Waals surface area contributed by atoms with Crippen LogP contribution in [0.4, 0.5) is 4.39 Å². The third-order valence-electron chi connectivity index (χ3n) is 5.16. The number of fused-ring (bicyclic) bond motifs is 1. The number of imidazole rings is 1. The zero-order valence-corrected chi connectivity index (χ0v) is 15.4. The van der Waals surface area contributed by atoms with Crippen LogP contribution in [0.25, 0.3) is 5.69 Å². The molecule has 0 amide bonds. The molecule has 4 rings (SSSR count). The zero-order valence-electron chi connectivity index (χ0n) is 15.4. The van der Waals surface area contributed by atoms with Crippen molar-refractivity contribution in [2.24, 2.45) is 0 Å². The molecule has 2 aromatic carbocycles. The van der Waals surface area contributed by atoms with E-state index < -0.39 is 0 Å². The average Bonchev–Trinajstić information content (AvgIpc) is 3.22. The van der Waals surface area contributed by atoms with Crippen LogP contribution in [0, 0.1) is 5.82 Å². The number of hydrogen-bond donors (Lipinski definition) is 1. The first-order chi connectivity index (χ1) is 13.3. The highest BCUT2D eigenvalue weighted by atomic mass is 19.1. The first-order valence-corrected chi connectivity index (χ1v) is 9.56. The molecule has 140 valence electrons. The van der Waals surface area contributed by atoms with Crippen molar-refractivity contribution in [1.29, 1.82) is 0 Å². The van der Waals surface area contributed by atoms with E-state index >= 15 is 0 Å². The van der Waals surface area contributed by atoms with Crippen molar-refractivity contribution in [2.75, 3.05) is 19.6 Å². The molecule has 0 fully saturated rings. The summed E-state index contributed by atoms with van der Waals surface area (Å²) in [6.07, 6.45) is 7.24. The molecule has 4 nitrogen and oxygen atoms in total. The molecular formula is C22H25FN4. The van der Waals surface area contributed by atoms with E-state index in [-0.39, 0.29) is 5.82 Å². The summed E-state index contributed by atoms with van der Waals surface area (Å²) >= 11 is 0. The molecule has 2 heterocycles. The number of benzene rings is 2. The second-order valence-corrected chi connectivity index (χ2v) is 7.08. The predicted molar refractivity (Wildman–Crippen MR) is 105 cm³/mol. The van der Waals surface area contributed by atoms with Crippen LogP contribution in [0.5, 0.6) is 0 Å². The lowest BCUT2D eigenvalue weighted by molar-refractivity contribution is 0.250. The number of hydrogen-bond acceptors (Lipinski definition) is 3. The van der Waals surface area contributed by atoms with E-state index in [9.17, 15) is 4.39 Å². The smallest absolute Gasteiger partial charge is 0.147 e. The molecular weight excluding hydrogens is 339 g/mol. The van der Waals surface area contributed by atoms with Crippen LogP contribution in [0.3, 0.4) is 0 Å². The molecule has 0 radical (unpaired) electrons. The number of rotatable bonds is 7. The van der Waals surface area contributed by atoms with E-state index in [1.54, 1.807) is 35.4 Å². The standard InChI is InChI=1S/C22H25FN4/c23-21-14-18(6-7-22(21)27-13-10-25-17-27)15-24-9-3-11-26-12-8-19-4-1-2-5-20(19)16-26/h1-2,4-7,10,13-14,17,24H,3,8-9,11-12,15-16H2. The van der Waals surface area contributed by atoms with Crippen molar-refractivity contribution >= 4 is 0 Å². The molecule has 1 aliphatic heterocycles. The topological polar surface area (TPSA) is 33.1 Å². The molecule has 0 saturated heterocycles.